The van der Waals surface area contributed by atoms with E-state index in [1.54, 1.807) is 6.20 Å². The second-order valence-electron chi connectivity index (χ2n) is 10.8. The van der Waals surface area contributed by atoms with E-state index in [2.05, 4.69) is 33.7 Å². The fourth-order valence-electron chi connectivity index (χ4n) is 5.90. The molecule has 6 rings (SSSR count). The molecule has 2 aromatic heterocycles. The van der Waals surface area contributed by atoms with Crippen LogP contribution in [0.25, 0.3) is 10.9 Å². The molecule has 1 N–H and O–H groups in total. The molecule has 5 heterocycles. The number of aromatic amines is 1. The molecule has 1 amide bonds. The number of nitrogens with zero attached hydrogens (tertiary/aromatic N) is 6. The molecular formula is C28H34FN7O4. The van der Waals surface area contributed by atoms with Crippen LogP contribution in [0.2, 0.25) is 0 Å². The normalized spacial score (nSPS) is 23.1. The van der Waals surface area contributed by atoms with Crippen molar-refractivity contribution in [3.8, 4) is 17.6 Å². The van der Waals surface area contributed by atoms with Gasteiger partial charge in [0.15, 0.2) is 17.7 Å². The van der Waals surface area contributed by atoms with Crippen molar-refractivity contribution in [3.05, 3.63) is 41.9 Å². The number of carbonyl (C=O) groups excluding carboxylic acids is 1. The SMILES string of the molecule is C=C(F)C(=O)N1CCN(c2nc(OC[C@@H]3CCCN3C)nc3c2OCC(c2c(C)ccc4[nH]ncc24)O3)[C@@H](C)C1. The van der Waals surface area contributed by atoms with E-state index in [-0.39, 0.29) is 24.7 Å². The van der Waals surface area contributed by atoms with Crippen LogP contribution in [0.15, 0.2) is 30.7 Å². The van der Waals surface area contributed by atoms with E-state index in [0.717, 1.165) is 41.4 Å². The molecule has 40 heavy (non-hydrogen) atoms. The van der Waals surface area contributed by atoms with Crippen LogP contribution in [0.3, 0.4) is 0 Å². The third kappa shape index (κ3) is 4.80. The van der Waals surface area contributed by atoms with E-state index in [1.165, 1.54) is 4.90 Å². The van der Waals surface area contributed by atoms with Gasteiger partial charge in [-0.3, -0.25) is 9.89 Å². The highest BCUT2D eigenvalue weighted by atomic mass is 19.1. The van der Waals surface area contributed by atoms with Gasteiger partial charge in [-0.25, -0.2) is 4.39 Å². The summed E-state index contributed by atoms with van der Waals surface area (Å²) in [6, 6.07) is 4.35. The Kier molecular flexibility index (Phi) is 6.95. The number of aryl methyl sites for hydroxylation is 1. The molecule has 212 valence electrons. The largest absolute Gasteiger partial charge is 0.481 e. The van der Waals surface area contributed by atoms with Crippen LogP contribution in [-0.4, -0.2) is 94.4 Å². The number of H-pyrrole nitrogens is 1. The van der Waals surface area contributed by atoms with Crippen LogP contribution in [0, 0.1) is 6.92 Å². The van der Waals surface area contributed by atoms with E-state index in [1.807, 2.05) is 30.9 Å². The summed E-state index contributed by atoms with van der Waals surface area (Å²) in [4.78, 5) is 27.4. The monoisotopic (exact) mass is 551 g/mol. The van der Waals surface area contributed by atoms with Gasteiger partial charge in [0.25, 0.3) is 11.8 Å². The molecule has 0 aliphatic carbocycles. The molecule has 11 nitrogen and oxygen atoms in total. The Labute approximate surface area is 231 Å². The van der Waals surface area contributed by atoms with E-state index in [4.69, 9.17) is 19.2 Å². The lowest BCUT2D eigenvalue weighted by Crippen LogP contribution is -2.54. The minimum absolute atomic E-state index is 0.173. The standard InChI is InChI=1S/C28H34FN7O4/c1-16-7-8-21-20(12-30-33-21)23(16)22-15-38-24-25(36-11-10-35(13-17(36)2)27(37)18(3)29)31-28(32-26(24)40-22)39-14-19-6-5-9-34(19)4/h7-8,12,17,19,22H,3,5-6,9-11,13-15H2,1-2,4H3,(H,30,33)/t17-,19-,22?/m0/s1. The van der Waals surface area contributed by atoms with Crippen molar-refractivity contribution in [1.29, 1.82) is 0 Å². The van der Waals surface area contributed by atoms with Gasteiger partial charge in [-0.2, -0.15) is 15.1 Å². The average molecular weight is 552 g/mol. The molecule has 2 saturated heterocycles. The number of rotatable bonds is 6. The Morgan fingerprint density at radius 2 is 2.12 bits per heavy atom. The quantitative estimate of drug-likeness (QED) is 0.462. The van der Waals surface area contributed by atoms with Crippen molar-refractivity contribution in [2.45, 2.75) is 44.9 Å². The topological polar surface area (TPSA) is 109 Å². The van der Waals surface area contributed by atoms with Crippen LogP contribution in [0.1, 0.15) is 37.0 Å². The smallest absolute Gasteiger partial charge is 0.322 e. The van der Waals surface area contributed by atoms with Gasteiger partial charge < -0.3 is 28.9 Å². The lowest BCUT2D eigenvalue weighted by molar-refractivity contribution is -0.129. The van der Waals surface area contributed by atoms with Crippen molar-refractivity contribution >= 4 is 22.6 Å². The highest BCUT2D eigenvalue weighted by Crippen LogP contribution is 2.44. The van der Waals surface area contributed by atoms with Gasteiger partial charge in [-0.1, -0.05) is 12.6 Å². The number of likely N-dealkylation sites (tertiary alicyclic amines) is 1. The van der Waals surface area contributed by atoms with Crippen LogP contribution in [0.5, 0.6) is 17.6 Å². The molecule has 3 aromatic rings. The van der Waals surface area contributed by atoms with Crippen LogP contribution in [0.4, 0.5) is 10.2 Å². The third-order valence-electron chi connectivity index (χ3n) is 8.13. The fourth-order valence-corrected chi connectivity index (χ4v) is 5.90. The Hall–Kier alpha value is -3.93. The van der Waals surface area contributed by atoms with Crippen molar-refractivity contribution in [2.24, 2.45) is 0 Å². The number of aromatic nitrogens is 4. The Morgan fingerprint density at radius 3 is 2.88 bits per heavy atom. The zero-order valence-electron chi connectivity index (χ0n) is 23.0. The first kappa shape index (κ1) is 26.3. The van der Waals surface area contributed by atoms with Gasteiger partial charge in [-0.05, 0) is 51.9 Å². The number of amides is 1. The zero-order valence-corrected chi connectivity index (χ0v) is 23.0. The Balaban J connectivity index is 1.32. The molecule has 0 saturated carbocycles. The van der Waals surface area contributed by atoms with Crippen molar-refractivity contribution in [3.63, 3.8) is 0 Å². The minimum Gasteiger partial charge on any atom is -0.481 e. The molecule has 1 aromatic carbocycles. The van der Waals surface area contributed by atoms with Gasteiger partial charge in [0.05, 0.1) is 11.7 Å². The first-order chi connectivity index (χ1) is 19.3. The molecule has 1 unspecified atom stereocenters. The predicted octanol–water partition coefficient (Wildman–Crippen LogP) is 3.17. The molecule has 0 radical (unpaired) electrons. The second kappa shape index (κ2) is 10.6. The average Bonchev–Trinajstić information content (AvgIpc) is 3.59. The van der Waals surface area contributed by atoms with Crippen molar-refractivity contribution < 1.29 is 23.4 Å². The number of hydrogen-bond acceptors (Lipinski definition) is 9. The summed E-state index contributed by atoms with van der Waals surface area (Å²) in [5.74, 6) is -0.375. The van der Waals surface area contributed by atoms with Gasteiger partial charge >= 0.3 is 6.01 Å². The third-order valence-corrected chi connectivity index (χ3v) is 8.13. The van der Waals surface area contributed by atoms with E-state index < -0.39 is 17.8 Å². The molecule has 2 fully saturated rings. The van der Waals surface area contributed by atoms with Crippen molar-refractivity contribution in [1.82, 2.24) is 30.0 Å². The van der Waals surface area contributed by atoms with Gasteiger partial charge in [0.2, 0.25) is 5.75 Å². The van der Waals surface area contributed by atoms with Gasteiger partial charge in [-0.15, -0.1) is 0 Å². The number of anilines is 1. The number of benzene rings is 1. The molecular weight excluding hydrogens is 517 g/mol. The summed E-state index contributed by atoms with van der Waals surface area (Å²) >= 11 is 0. The van der Waals surface area contributed by atoms with Crippen LogP contribution in [-0.2, 0) is 4.79 Å². The number of nitrogens with one attached hydrogen (secondary N) is 1. The minimum atomic E-state index is -0.960. The van der Waals surface area contributed by atoms with Crippen LogP contribution >= 0.6 is 0 Å². The first-order valence-corrected chi connectivity index (χ1v) is 13.7. The molecule has 3 aliphatic heterocycles. The van der Waals surface area contributed by atoms with Crippen LogP contribution < -0.4 is 19.1 Å². The van der Waals surface area contributed by atoms with Crippen molar-refractivity contribution in [2.75, 3.05) is 51.3 Å². The molecule has 12 heteroatoms. The lowest BCUT2D eigenvalue weighted by atomic mass is 9.99. The maximum absolute atomic E-state index is 13.5. The number of halogens is 1. The summed E-state index contributed by atoms with van der Waals surface area (Å²) in [5, 5.41) is 8.19. The maximum Gasteiger partial charge on any atom is 0.322 e. The zero-order chi connectivity index (χ0) is 28.0. The summed E-state index contributed by atoms with van der Waals surface area (Å²) in [7, 11) is 2.09. The number of piperazine rings is 1. The molecule has 0 spiro atoms. The van der Waals surface area contributed by atoms with E-state index in [0.29, 0.717) is 43.7 Å². The Morgan fingerprint density at radius 1 is 1.27 bits per heavy atom. The Bertz CT molecular complexity index is 1450. The predicted molar refractivity (Wildman–Crippen MR) is 147 cm³/mol. The highest BCUT2D eigenvalue weighted by molar-refractivity contribution is 5.90. The summed E-state index contributed by atoms with van der Waals surface area (Å²) in [5.41, 5.74) is 2.96. The summed E-state index contributed by atoms with van der Waals surface area (Å²) in [6.45, 7) is 9.97. The molecule has 0 bridgehead atoms. The summed E-state index contributed by atoms with van der Waals surface area (Å²) in [6.07, 6.45) is 3.57. The highest BCUT2D eigenvalue weighted by Gasteiger charge is 2.36. The van der Waals surface area contributed by atoms with E-state index in [9.17, 15) is 9.18 Å². The van der Waals surface area contributed by atoms with E-state index >= 15 is 0 Å². The molecule has 3 aliphatic rings. The number of hydrogen-bond donors (Lipinski definition) is 1. The maximum atomic E-state index is 13.5. The second-order valence-corrected chi connectivity index (χ2v) is 10.8. The van der Waals surface area contributed by atoms with Gasteiger partial charge in [0.1, 0.15) is 13.2 Å². The first-order valence-electron chi connectivity index (χ1n) is 13.7. The number of fused-ring (bicyclic) bond motifs is 2. The summed E-state index contributed by atoms with van der Waals surface area (Å²) < 4.78 is 32.5. The fraction of sp³-hybridized carbons (Fsp3) is 0.500. The number of ether oxygens (including phenoxy) is 3. The molecule has 3 atom stereocenters. The number of likely N-dealkylation sites (N-methyl/N-ethyl adjacent to an activating group) is 1. The number of carbonyl (C=O) groups is 1. The lowest BCUT2D eigenvalue weighted by Gasteiger charge is -2.41. The van der Waals surface area contributed by atoms with Gasteiger partial charge in [0, 0.05) is 42.7 Å².